The molecule has 0 saturated carbocycles. The molecule has 2 aromatic rings. The molecule has 7 heteroatoms. The van der Waals surface area contributed by atoms with Crippen molar-refractivity contribution in [2.75, 3.05) is 19.6 Å². The first-order chi connectivity index (χ1) is 12.7. The monoisotopic (exact) mass is 481 g/mol. The summed E-state index contributed by atoms with van der Waals surface area (Å²) in [4.78, 5) is 22.8. The number of nitrogens with one attached hydrogen (secondary N) is 1. The number of nitrogens with zero attached hydrogens (tertiary/aromatic N) is 3. The summed E-state index contributed by atoms with van der Waals surface area (Å²) in [5.41, 5.74) is 7.54. The molecule has 1 amide bonds. The molecule has 1 saturated heterocycles. The Labute approximate surface area is 177 Å². The van der Waals surface area contributed by atoms with E-state index in [1.54, 1.807) is 0 Å². The van der Waals surface area contributed by atoms with Crippen LogP contribution in [0.5, 0.6) is 0 Å². The fraction of sp³-hybridized carbons (Fsp3) is 0.450. The van der Waals surface area contributed by atoms with Gasteiger partial charge < -0.3 is 16.0 Å². The first-order valence-electron chi connectivity index (χ1n) is 9.31. The molecule has 1 fully saturated rings. The largest absolute Gasteiger partial charge is 0.370 e. The number of fused-ring (bicyclic) bond motifs is 1. The highest BCUT2D eigenvalue weighted by Crippen LogP contribution is 2.20. The fourth-order valence-electron chi connectivity index (χ4n) is 3.59. The van der Waals surface area contributed by atoms with Crippen LogP contribution in [0.15, 0.2) is 41.5 Å². The van der Waals surface area contributed by atoms with Gasteiger partial charge in [-0.25, -0.2) is 4.99 Å². The Kier molecular flexibility index (Phi) is 8.27. The molecular weight excluding hydrogens is 453 g/mol. The van der Waals surface area contributed by atoms with Crippen molar-refractivity contribution in [3.63, 3.8) is 0 Å². The van der Waals surface area contributed by atoms with E-state index in [2.05, 4.69) is 28.2 Å². The van der Waals surface area contributed by atoms with E-state index in [-0.39, 0.29) is 29.9 Å². The molecule has 1 aromatic heterocycles. The van der Waals surface area contributed by atoms with Crippen LogP contribution < -0.4 is 11.1 Å². The van der Waals surface area contributed by atoms with Crippen LogP contribution in [0, 0.1) is 5.92 Å². The first-order valence-corrected chi connectivity index (χ1v) is 9.31. The van der Waals surface area contributed by atoms with Crippen LogP contribution in [0.2, 0.25) is 0 Å². The predicted molar refractivity (Wildman–Crippen MR) is 120 cm³/mol. The number of halogens is 1. The molecule has 27 heavy (non-hydrogen) atoms. The van der Waals surface area contributed by atoms with Crippen LogP contribution in [0.4, 0.5) is 0 Å². The fourth-order valence-corrected chi connectivity index (χ4v) is 3.59. The van der Waals surface area contributed by atoms with Crippen molar-refractivity contribution < 1.29 is 4.79 Å². The molecule has 1 aromatic carbocycles. The zero-order valence-electron chi connectivity index (χ0n) is 15.7. The van der Waals surface area contributed by atoms with Crippen molar-refractivity contribution in [1.29, 1.82) is 0 Å². The van der Waals surface area contributed by atoms with Crippen LogP contribution in [-0.2, 0) is 11.3 Å². The SMILES string of the molecule is CCNC(=NCc1ccnc2ccccc12)N1CCCC(CC(N)=O)C1.I. The van der Waals surface area contributed by atoms with Gasteiger partial charge in [-0.1, -0.05) is 18.2 Å². The Morgan fingerprint density at radius 1 is 1.37 bits per heavy atom. The van der Waals surface area contributed by atoms with Crippen LogP contribution in [-0.4, -0.2) is 41.4 Å². The second kappa shape index (κ2) is 10.4. The zero-order chi connectivity index (χ0) is 18.4. The number of primary amides is 1. The summed E-state index contributed by atoms with van der Waals surface area (Å²) in [6.45, 7) is 5.27. The summed E-state index contributed by atoms with van der Waals surface area (Å²) in [5, 5.41) is 4.53. The van der Waals surface area contributed by atoms with E-state index in [1.165, 1.54) is 0 Å². The van der Waals surface area contributed by atoms with Gasteiger partial charge in [-0.15, -0.1) is 24.0 Å². The molecular formula is C20H28IN5O. The van der Waals surface area contributed by atoms with E-state index < -0.39 is 0 Å². The normalized spacial score (nSPS) is 17.4. The first kappa shape index (κ1) is 21.4. The Balaban J connectivity index is 0.00000261. The lowest BCUT2D eigenvalue weighted by molar-refractivity contribution is -0.119. The number of guanidine groups is 1. The van der Waals surface area contributed by atoms with E-state index in [9.17, 15) is 4.79 Å². The number of piperidine rings is 1. The molecule has 0 spiro atoms. The van der Waals surface area contributed by atoms with Crippen LogP contribution >= 0.6 is 24.0 Å². The molecule has 1 aliphatic rings. The number of rotatable bonds is 5. The molecule has 0 aliphatic carbocycles. The number of likely N-dealkylation sites (tertiary alicyclic amines) is 1. The second-order valence-corrected chi connectivity index (χ2v) is 6.78. The van der Waals surface area contributed by atoms with Crippen LogP contribution in [0.25, 0.3) is 10.9 Å². The second-order valence-electron chi connectivity index (χ2n) is 6.78. The smallest absolute Gasteiger partial charge is 0.217 e. The topological polar surface area (TPSA) is 83.6 Å². The lowest BCUT2D eigenvalue weighted by Crippen LogP contribution is -2.47. The number of benzene rings is 1. The highest BCUT2D eigenvalue weighted by molar-refractivity contribution is 14.0. The van der Waals surface area contributed by atoms with Gasteiger partial charge in [0.15, 0.2) is 5.96 Å². The average molecular weight is 481 g/mol. The number of hydrogen-bond acceptors (Lipinski definition) is 3. The van der Waals surface area contributed by atoms with E-state index in [4.69, 9.17) is 10.7 Å². The van der Waals surface area contributed by atoms with Gasteiger partial charge in [0.1, 0.15) is 0 Å². The zero-order valence-corrected chi connectivity index (χ0v) is 18.1. The number of carbonyl (C=O) groups excluding carboxylic acids is 1. The summed E-state index contributed by atoms with van der Waals surface area (Å²) in [6, 6.07) is 10.2. The number of aromatic nitrogens is 1. The summed E-state index contributed by atoms with van der Waals surface area (Å²) < 4.78 is 0. The van der Waals surface area contributed by atoms with Crippen molar-refractivity contribution in [3.05, 3.63) is 42.1 Å². The highest BCUT2D eigenvalue weighted by Gasteiger charge is 2.23. The minimum atomic E-state index is -0.220. The van der Waals surface area contributed by atoms with Crippen LogP contribution in [0.3, 0.4) is 0 Å². The minimum absolute atomic E-state index is 0. The number of para-hydroxylation sites is 1. The standard InChI is InChI=1S/C20H27N5O.HI/c1-2-22-20(25-11-5-6-15(14-25)12-19(21)26)24-13-16-9-10-23-18-8-4-3-7-17(16)18;/h3-4,7-10,15H,2,5-6,11-14H2,1H3,(H2,21,26)(H,22,24);1H. The molecule has 6 nitrogen and oxygen atoms in total. The van der Waals surface area contributed by atoms with Crippen molar-refractivity contribution in [1.82, 2.24) is 15.2 Å². The van der Waals surface area contributed by atoms with E-state index in [1.807, 2.05) is 30.5 Å². The van der Waals surface area contributed by atoms with Crippen molar-refractivity contribution in [2.45, 2.75) is 32.7 Å². The van der Waals surface area contributed by atoms with Crippen molar-refractivity contribution in [3.8, 4) is 0 Å². The molecule has 2 heterocycles. The molecule has 3 rings (SSSR count). The van der Waals surface area contributed by atoms with Gasteiger partial charge in [0, 0.05) is 37.6 Å². The van der Waals surface area contributed by atoms with Crippen molar-refractivity contribution >= 4 is 46.7 Å². The van der Waals surface area contributed by atoms with Gasteiger partial charge in [0.05, 0.1) is 12.1 Å². The van der Waals surface area contributed by atoms with Gasteiger partial charge >= 0.3 is 0 Å². The highest BCUT2D eigenvalue weighted by atomic mass is 127. The Morgan fingerprint density at radius 2 is 2.19 bits per heavy atom. The number of nitrogens with two attached hydrogens (primary N) is 1. The summed E-state index contributed by atoms with van der Waals surface area (Å²) in [5.74, 6) is 0.997. The Hall–Kier alpha value is -1.90. The molecule has 1 unspecified atom stereocenters. The van der Waals surface area contributed by atoms with Crippen molar-refractivity contribution in [2.24, 2.45) is 16.6 Å². The maximum Gasteiger partial charge on any atom is 0.217 e. The molecule has 3 N–H and O–H groups in total. The molecule has 0 radical (unpaired) electrons. The summed E-state index contributed by atoms with van der Waals surface area (Å²) in [7, 11) is 0. The van der Waals surface area contributed by atoms with E-state index >= 15 is 0 Å². The number of amides is 1. The Bertz CT molecular complexity index is 790. The lowest BCUT2D eigenvalue weighted by Gasteiger charge is -2.34. The number of carbonyl (C=O) groups is 1. The van der Waals surface area contributed by atoms with Gasteiger partial charge in [-0.3, -0.25) is 9.78 Å². The molecule has 1 aliphatic heterocycles. The van der Waals surface area contributed by atoms with Gasteiger partial charge in [-0.2, -0.15) is 0 Å². The molecule has 146 valence electrons. The predicted octanol–water partition coefficient (Wildman–Crippen LogP) is 2.91. The Morgan fingerprint density at radius 3 is 2.96 bits per heavy atom. The maximum absolute atomic E-state index is 11.3. The number of aliphatic imine (C=N–C) groups is 1. The third-order valence-electron chi connectivity index (χ3n) is 4.78. The minimum Gasteiger partial charge on any atom is -0.370 e. The maximum atomic E-state index is 11.3. The van der Waals surface area contributed by atoms with Crippen LogP contribution in [0.1, 0.15) is 31.7 Å². The average Bonchev–Trinajstić information content (AvgIpc) is 2.65. The lowest BCUT2D eigenvalue weighted by atomic mass is 9.95. The number of pyridine rings is 1. The van der Waals surface area contributed by atoms with E-state index in [0.717, 1.165) is 54.9 Å². The number of hydrogen-bond donors (Lipinski definition) is 2. The van der Waals surface area contributed by atoms with Gasteiger partial charge in [-0.05, 0) is 43.4 Å². The molecule has 1 atom stereocenters. The summed E-state index contributed by atoms with van der Waals surface area (Å²) >= 11 is 0. The quantitative estimate of drug-likeness (QED) is 0.391. The summed E-state index contributed by atoms with van der Waals surface area (Å²) in [6.07, 6.45) is 4.39. The third kappa shape index (κ3) is 5.79. The van der Waals surface area contributed by atoms with Gasteiger partial charge in [0.2, 0.25) is 5.91 Å². The van der Waals surface area contributed by atoms with E-state index in [0.29, 0.717) is 18.9 Å². The van der Waals surface area contributed by atoms with Gasteiger partial charge in [0.25, 0.3) is 0 Å². The third-order valence-corrected chi connectivity index (χ3v) is 4.78. The molecule has 0 bridgehead atoms.